The summed E-state index contributed by atoms with van der Waals surface area (Å²) in [4.78, 5) is 16.1. The molecule has 0 spiro atoms. The number of carbonyl (C=O) groups is 1. The quantitative estimate of drug-likeness (QED) is 0.477. The van der Waals surface area contributed by atoms with E-state index in [-0.39, 0.29) is 5.76 Å². The Morgan fingerprint density at radius 3 is 2.57 bits per heavy atom. The second kappa shape index (κ2) is 7.50. The zero-order chi connectivity index (χ0) is 15.1. The molecule has 2 rings (SSSR count). The van der Waals surface area contributed by atoms with Crippen molar-refractivity contribution in [3.05, 3.63) is 60.4 Å². The maximum absolute atomic E-state index is 11.7. The first-order chi connectivity index (χ1) is 10.2. The summed E-state index contributed by atoms with van der Waals surface area (Å²) in [7, 11) is 1.43. The standard InChI is InChI=1S/C16H15NO3S/c1-3-14(19-2)16(18)20-21-15-11-7-10-13(17-15)12-8-5-4-6-9-12/h3-11H,1-2H3. The zero-order valence-electron chi connectivity index (χ0n) is 11.8. The third kappa shape index (κ3) is 4.10. The maximum Gasteiger partial charge on any atom is 0.385 e. The summed E-state index contributed by atoms with van der Waals surface area (Å²) in [6, 6.07) is 15.4. The number of rotatable bonds is 5. The van der Waals surface area contributed by atoms with Crippen molar-refractivity contribution in [3.8, 4) is 11.3 Å². The SMILES string of the molecule is CC=C(OC)C(=O)OSc1cccc(-c2ccccc2)n1. The topological polar surface area (TPSA) is 48.4 Å². The highest BCUT2D eigenvalue weighted by Gasteiger charge is 2.12. The predicted molar refractivity (Wildman–Crippen MR) is 82.4 cm³/mol. The number of carbonyl (C=O) groups excluding carboxylic acids is 1. The fraction of sp³-hybridized carbons (Fsp3) is 0.125. The summed E-state index contributed by atoms with van der Waals surface area (Å²) in [5, 5.41) is 0.608. The molecule has 0 N–H and O–H groups in total. The lowest BCUT2D eigenvalue weighted by Gasteiger charge is -2.06. The van der Waals surface area contributed by atoms with Crippen LogP contribution in [0.5, 0.6) is 0 Å². The molecular formula is C16H15NO3S. The first-order valence-electron chi connectivity index (χ1n) is 6.36. The second-order valence-corrected chi connectivity index (χ2v) is 4.79. The van der Waals surface area contributed by atoms with Crippen molar-refractivity contribution < 1.29 is 13.7 Å². The Labute approximate surface area is 128 Å². The van der Waals surface area contributed by atoms with E-state index in [0.717, 1.165) is 23.3 Å². The van der Waals surface area contributed by atoms with E-state index in [1.54, 1.807) is 19.1 Å². The van der Waals surface area contributed by atoms with Crippen LogP contribution in [-0.2, 0) is 13.7 Å². The van der Waals surface area contributed by atoms with Crippen LogP contribution in [0, 0.1) is 0 Å². The van der Waals surface area contributed by atoms with Gasteiger partial charge < -0.3 is 8.92 Å². The van der Waals surface area contributed by atoms with E-state index in [0.29, 0.717) is 5.03 Å². The van der Waals surface area contributed by atoms with Gasteiger partial charge in [0.2, 0.25) is 5.76 Å². The number of nitrogens with zero attached hydrogens (tertiary/aromatic N) is 1. The molecule has 2 aromatic rings. The summed E-state index contributed by atoms with van der Waals surface area (Å²) in [6.45, 7) is 1.71. The fourth-order valence-corrected chi connectivity index (χ4v) is 2.18. The van der Waals surface area contributed by atoms with Crippen molar-refractivity contribution in [2.75, 3.05) is 7.11 Å². The van der Waals surface area contributed by atoms with Gasteiger partial charge in [-0.15, -0.1) is 0 Å². The smallest absolute Gasteiger partial charge is 0.385 e. The van der Waals surface area contributed by atoms with Gasteiger partial charge in [-0.25, -0.2) is 9.78 Å². The van der Waals surface area contributed by atoms with E-state index in [4.69, 9.17) is 8.92 Å². The van der Waals surface area contributed by atoms with Crippen LogP contribution >= 0.6 is 12.0 Å². The molecule has 0 amide bonds. The van der Waals surface area contributed by atoms with Gasteiger partial charge in [-0.05, 0) is 25.1 Å². The summed E-state index contributed by atoms with van der Waals surface area (Å²) >= 11 is 0.915. The average molecular weight is 301 g/mol. The first kappa shape index (κ1) is 15.1. The number of benzene rings is 1. The molecule has 1 heterocycles. The van der Waals surface area contributed by atoms with E-state index < -0.39 is 5.97 Å². The van der Waals surface area contributed by atoms with E-state index in [1.807, 2.05) is 42.5 Å². The van der Waals surface area contributed by atoms with Gasteiger partial charge in [0.25, 0.3) is 0 Å². The Morgan fingerprint density at radius 1 is 1.14 bits per heavy atom. The molecule has 0 unspecified atom stereocenters. The third-order valence-corrected chi connectivity index (χ3v) is 3.31. The van der Waals surface area contributed by atoms with Crippen LogP contribution in [0.4, 0.5) is 0 Å². The Hall–Kier alpha value is -2.27. The third-order valence-electron chi connectivity index (χ3n) is 2.68. The maximum atomic E-state index is 11.7. The predicted octanol–water partition coefficient (Wildman–Crippen LogP) is 3.85. The van der Waals surface area contributed by atoms with E-state index >= 15 is 0 Å². The van der Waals surface area contributed by atoms with E-state index in [9.17, 15) is 4.79 Å². The molecule has 0 fully saturated rings. The van der Waals surface area contributed by atoms with Crippen molar-refractivity contribution in [3.63, 3.8) is 0 Å². The summed E-state index contributed by atoms with van der Waals surface area (Å²) in [5.74, 6) is -0.362. The zero-order valence-corrected chi connectivity index (χ0v) is 12.6. The Balaban J connectivity index is 2.07. The molecule has 1 aromatic heterocycles. The van der Waals surface area contributed by atoms with Crippen LogP contribution in [-0.4, -0.2) is 18.1 Å². The number of aromatic nitrogens is 1. The molecule has 4 nitrogen and oxygen atoms in total. The number of hydrogen-bond acceptors (Lipinski definition) is 5. The molecule has 21 heavy (non-hydrogen) atoms. The van der Waals surface area contributed by atoms with Crippen LogP contribution in [0.3, 0.4) is 0 Å². The van der Waals surface area contributed by atoms with Crippen molar-refractivity contribution in [1.29, 1.82) is 0 Å². The van der Waals surface area contributed by atoms with Crippen molar-refractivity contribution in [2.24, 2.45) is 0 Å². The molecule has 108 valence electrons. The van der Waals surface area contributed by atoms with Gasteiger partial charge >= 0.3 is 5.97 Å². The minimum Gasteiger partial charge on any atom is -0.490 e. The van der Waals surface area contributed by atoms with Gasteiger partial charge in [-0.2, -0.15) is 0 Å². The molecule has 0 aliphatic heterocycles. The highest BCUT2D eigenvalue weighted by atomic mass is 32.2. The number of methoxy groups -OCH3 is 1. The highest BCUT2D eigenvalue weighted by molar-refractivity contribution is 7.95. The Kier molecular flexibility index (Phi) is 5.40. The average Bonchev–Trinajstić information content (AvgIpc) is 2.55. The Bertz CT molecular complexity index is 641. The van der Waals surface area contributed by atoms with Gasteiger partial charge in [0, 0.05) is 5.56 Å². The fourth-order valence-electron chi connectivity index (χ4n) is 1.67. The molecule has 0 aliphatic rings. The Morgan fingerprint density at radius 2 is 1.90 bits per heavy atom. The molecule has 0 saturated heterocycles. The second-order valence-electron chi connectivity index (χ2n) is 4.04. The van der Waals surface area contributed by atoms with Crippen LogP contribution < -0.4 is 0 Å². The summed E-state index contributed by atoms with van der Waals surface area (Å²) in [5.41, 5.74) is 1.84. The normalized spacial score (nSPS) is 11.0. The molecule has 0 bridgehead atoms. The lowest BCUT2D eigenvalue weighted by Crippen LogP contribution is -2.05. The molecule has 5 heteroatoms. The van der Waals surface area contributed by atoms with Crippen molar-refractivity contribution >= 4 is 18.0 Å². The number of allylic oxidation sites excluding steroid dienone is 1. The molecular weight excluding hydrogens is 286 g/mol. The van der Waals surface area contributed by atoms with Crippen molar-refractivity contribution in [2.45, 2.75) is 11.9 Å². The molecule has 0 saturated carbocycles. The number of ether oxygens (including phenoxy) is 1. The van der Waals surface area contributed by atoms with Gasteiger partial charge in [-0.1, -0.05) is 36.4 Å². The van der Waals surface area contributed by atoms with Crippen LogP contribution in [0.25, 0.3) is 11.3 Å². The lowest BCUT2D eigenvalue weighted by molar-refractivity contribution is -0.132. The van der Waals surface area contributed by atoms with E-state index in [2.05, 4.69) is 4.98 Å². The van der Waals surface area contributed by atoms with Gasteiger partial charge in [-0.3, -0.25) is 0 Å². The number of hydrogen-bond donors (Lipinski definition) is 0. The minimum atomic E-state index is -0.531. The summed E-state index contributed by atoms with van der Waals surface area (Å²) < 4.78 is 9.98. The van der Waals surface area contributed by atoms with Gasteiger partial charge in [0.15, 0.2) is 0 Å². The first-order valence-corrected chi connectivity index (χ1v) is 7.10. The van der Waals surface area contributed by atoms with E-state index in [1.165, 1.54) is 7.11 Å². The van der Waals surface area contributed by atoms with Gasteiger partial charge in [0.1, 0.15) is 17.1 Å². The number of pyridine rings is 1. The van der Waals surface area contributed by atoms with Crippen LogP contribution in [0.2, 0.25) is 0 Å². The lowest BCUT2D eigenvalue weighted by atomic mass is 10.1. The molecule has 1 aromatic carbocycles. The van der Waals surface area contributed by atoms with Crippen molar-refractivity contribution in [1.82, 2.24) is 4.98 Å². The molecule has 0 aliphatic carbocycles. The molecule has 0 radical (unpaired) electrons. The minimum absolute atomic E-state index is 0.168. The largest absolute Gasteiger partial charge is 0.490 e. The van der Waals surface area contributed by atoms with Crippen LogP contribution in [0.15, 0.2) is 65.4 Å². The highest BCUT2D eigenvalue weighted by Crippen LogP contribution is 2.23. The molecule has 0 atom stereocenters. The monoisotopic (exact) mass is 301 g/mol. The summed E-state index contributed by atoms with van der Waals surface area (Å²) in [6.07, 6.45) is 1.55. The van der Waals surface area contributed by atoms with Crippen LogP contribution in [0.1, 0.15) is 6.92 Å². The van der Waals surface area contributed by atoms with Gasteiger partial charge in [0.05, 0.1) is 12.8 Å².